The number of carbonyl (C=O) groups is 2. The maximum absolute atomic E-state index is 13.5. The van der Waals surface area contributed by atoms with E-state index in [9.17, 15) is 18.0 Å². The molecule has 1 N–H and O–H groups in total. The second-order valence-corrected chi connectivity index (χ2v) is 11.6. The zero-order chi connectivity index (χ0) is 27.6. The monoisotopic (exact) mass is 529 g/mol. The molecule has 0 saturated heterocycles. The van der Waals surface area contributed by atoms with Crippen LogP contribution in [0.2, 0.25) is 0 Å². The summed E-state index contributed by atoms with van der Waals surface area (Å²) in [5.74, 6) is -0.307. The molecule has 2 amide bonds. The number of carbonyl (C=O) groups excluding carboxylic acids is 2. The van der Waals surface area contributed by atoms with Crippen LogP contribution in [0.1, 0.15) is 68.2 Å². The molecule has 0 radical (unpaired) electrons. The summed E-state index contributed by atoms with van der Waals surface area (Å²) < 4.78 is 26.6. The third-order valence-electron chi connectivity index (χ3n) is 6.65. The average Bonchev–Trinajstić information content (AvgIpc) is 2.83. The summed E-state index contributed by atoms with van der Waals surface area (Å²) in [6.45, 7) is 10.9. The van der Waals surface area contributed by atoms with Gasteiger partial charge in [-0.15, -0.1) is 0 Å². The first-order valence-electron chi connectivity index (χ1n) is 13.2. The summed E-state index contributed by atoms with van der Waals surface area (Å²) in [6.07, 6.45) is 4.02. The summed E-state index contributed by atoms with van der Waals surface area (Å²) in [4.78, 5) is 28.2. The topological polar surface area (TPSA) is 86.8 Å². The van der Waals surface area contributed by atoms with Crippen molar-refractivity contribution in [2.24, 2.45) is 0 Å². The molecule has 7 nitrogen and oxygen atoms in total. The third-order valence-corrected chi connectivity index (χ3v) is 7.83. The smallest absolute Gasteiger partial charge is 0.242 e. The van der Waals surface area contributed by atoms with Gasteiger partial charge in [0.05, 0.1) is 11.9 Å². The summed E-state index contributed by atoms with van der Waals surface area (Å²) >= 11 is 0. The number of hydrogen-bond acceptors (Lipinski definition) is 4. The van der Waals surface area contributed by atoms with Gasteiger partial charge in [-0.25, -0.2) is 8.42 Å². The average molecular weight is 530 g/mol. The molecule has 0 aliphatic heterocycles. The van der Waals surface area contributed by atoms with E-state index in [0.29, 0.717) is 31.6 Å². The fraction of sp³-hybridized carbons (Fsp3) is 0.517. The Hall–Kier alpha value is -2.87. The Morgan fingerprint density at radius 1 is 1.00 bits per heavy atom. The maximum Gasteiger partial charge on any atom is 0.242 e. The van der Waals surface area contributed by atoms with Crippen molar-refractivity contribution < 1.29 is 18.0 Å². The predicted octanol–water partition coefficient (Wildman–Crippen LogP) is 4.88. The van der Waals surface area contributed by atoms with Gasteiger partial charge in [0.25, 0.3) is 0 Å². The molecule has 2 aromatic rings. The SMILES string of the molecule is CCCCNC(=O)C(CC)N(Cc1cccc(C)c1)C(=O)CCCN(c1cccc(C)c1C)S(C)(=O)=O. The number of unbranched alkanes of at least 4 members (excludes halogenated alkanes) is 1. The molecule has 0 heterocycles. The van der Waals surface area contributed by atoms with Crippen molar-refractivity contribution in [1.82, 2.24) is 10.2 Å². The highest BCUT2D eigenvalue weighted by atomic mass is 32.2. The number of aryl methyl sites for hydroxylation is 2. The lowest BCUT2D eigenvalue weighted by atomic mass is 10.1. The number of amides is 2. The van der Waals surface area contributed by atoms with Crippen LogP contribution in [0.4, 0.5) is 5.69 Å². The van der Waals surface area contributed by atoms with Gasteiger partial charge in [-0.2, -0.15) is 0 Å². The summed E-state index contributed by atoms with van der Waals surface area (Å²) in [5, 5.41) is 2.97. The van der Waals surface area contributed by atoms with E-state index in [4.69, 9.17) is 0 Å². The number of rotatable bonds is 14. The molecule has 0 aromatic heterocycles. The Kier molecular flexibility index (Phi) is 11.6. The zero-order valence-corrected chi connectivity index (χ0v) is 24.0. The number of nitrogens with zero attached hydrogens (tertiary/aromatic N) is 2. The lowest BCUT2D eigenvalue weighted by Crippen LogP contribution is -2.49. The van der Waals surface area contributed by atoms with Crippen LogP contribution >= 0.6 is 0 Å². The van der Waals surface area contributed by atoms with E-state index in [1.165, 1.54) is 10.6 Å². The fourth-order valence-electron chi connectivity index (χ4n) is 4.42. The minimum atomic E-state index is -3.53. The number of nitrogens with one attached hydrogen (secondary N) is 1. The van der Waals surface area contributed by atoms with Crippen LogP contribution in [0, 0.1) is 20.8 Å². The summed E-state index contributed by atoms with van der Waals surface area (Å²) in [5.41, 5.74) is 4.58. The van der Waals surface area contributed by atoms with Crippen molar-refractivity contribution >= 4 is 27.5 Å². The van der Waals surface area contributed by atoms with Crippen LogP contribution in [0.25, 0.3) is 0 Å². The second-order valence-electron chi connectivity index (χ2n) is 9.74. The van der Waals surface area contributed by atoms with Crippen LogP contribution in [0.3, 0.4) is 0 Å². The van der Waals surface area contributed by atoms with E-state index < -0.39 is 16.1 Å². The van der Waals surface area contributed by atoms with Crippen molar-refractivity contribution in [2.45, 2.75) is 79.3 Å². The molecule has 1 atom stereocenters. The van der Waals surface area contributed by atoms with Crippen LogP contribution in [0.15, 0.2) is 42.5 Å². The third kappa shape index (κ3) is 8.88. The first kappa shape index (κ1) is 30.4. The normalized spacial score (nSPS) is 12.2. The molecule has 0 aliphatic rings. The molecule has 37 heavy (non-hydrogen) atoms. The van der Waals surface area contributed by atoms with Crippen molar-refractivity contribution in [3.63, 3.8) is 0 Å². The molecule has 0 fully saturated rings. The number of hydrogen-bond donors (Lipinski definition) is 1. The van der Waals surface area contributed by atoms with Gasteiger partial charge < -0.3 is 10.2 Å². The summed E-state index contributed by atoms with van der Waals surface area (Å²) in [7, 11) is -3.53. The highest BCUT2D eigenvalue weighted by molar-refractivity contribution is 7.92. The van der Waals surface area contributed by atoms with Gasteiger partial charge in [0, 0.05) is 26.1 Å². The van der Waals surface area contributed by atoms with E-state index in [0.717, 1.165) is 35.1 Å². The first-order valence-corrected chi connectivity index (χ1v) is 15.0. The lowest BCUT2D eigenvalue weighted by Gasteiger charge is -2.31. The molecule has 1 unspecified atom stereocenters. The second kappa shape index (κ2) is 14.2. The van der Waals surface area contributed by atoms with Gasteiger partial charge in [-0.1, -0.05) is 62.2 Å². The Bertz CT molecular complexity index is 1160. The molecule has 0 aliphatic carbocycles. The minimum absolute atomic E-state index is 0.140. The van der Waals surface area contributed by atoms with Crippen molar-refractivity contribution in [3.05, 3.63) is 64.7 Å². The van der Waals surface area contributed by atoms with E-state index in [2.05, 4.69) is 12.2 Å². The van der Waals surface area contributed by atoms with Gasteiger partial charge in [0.15, 0.2) is 0 Å². The molecule has 0 spiro atoms. The number of anilines is 1. The van der Waals surface area contributed by atoms with Gasteiger partial charge in [0.1, 0.15) is 6.04 Å². The highest BCUT2D eigenvalue weighted by Gasteiger charge is 2.29. The number of sulfonamides is 1. The summed E-state index contributed by atoms with van der Waals surface area (Å²) in [6, 6.07) is 12.9. The quantitative estimate of drug-likeness (QED) is 0.353. The first-order chi connectivity index (χ1) is 17.5. The molecule has 2 aromatic carbocycles. The van der Waals surface area contributed by atoms with Gasteiger partial charge >= 0.3 is 0 Å². The van der Waals surface area contributed by atoms with E-state index in [-0.39, 0.29) is 24.8 Å². The Labute approximate surface area is 223 Å². The standard InChI is InChI=1S/C29H43N3O4S/c1-7-9-18-30-29(34)26(8-2)31(21-25-15-10-13-22(3)20-25)28(33)17-12-19-32(37(6,35)36)27-16-11-14-23(4)24(27)5/h10-11,13-16,20,26H,7-9,12,17-19,21H2,1-6H3,(H,30,34). The van der Waals surface area contributed by atoms with Crippen LogP contribution in [-0.4, -0.2) is 50.5 Å². The molecule has 8 heteroatoms. The number of benzene rings is 2. The van der Waals surface area contributed by atoms with Crippen molar-refractivity contribution in [3.8, 4) is 0 Å². The fourth-order valence-corrected chi connectivity index (χ4v) is 5.44. The maximum atomic E-state index is 13.5. The Morgan fingerprint density at radius 2 is 1.70 bits per heavy atom. The Morgan fingerprint density at radius 3 is 2.32 bits per heavy atom. The Balaban J connectivity index is 2.23. The molecular weight excluding hydrogens is 486 g/mol. The molecular formula is C29H43N3O4S. The van der Waals surface area contributed by atoms with Crippen molar-refractivity contribution in [1.29, 1.82) is 0 Å². The molecule has 0 saturated carbocycles. The molecule has 204 valence electrons. The molecule has 2 rings (SSSR count). The minimum Gasteiger partial charge on any atom is -0.354 e. The van der Waals surface area contributed by atoms with E-state index >= 15 is 0 Å². The largest absolute Gasteiger partial charge is 0.354 e. The van der Waals surface area contributed by atoms with Gasteiger partial charge in [0.2, 0.25) is 21.8 Å². The van der Waals surface area contributed by atoms with E-state index in [1.807, 2.05) is 64.1 Å². The van der Waals surface area contributed by atoms with Gasteiger partial charge in [-0.3, -0.25) is 13.9 Å². The van der Waals surface area contributed by atoms with Crippen LogP contribution in [-0.2, 0) is 26.2 Å². The van der Waals surface area contributed by atoms with Gasteiger partial charge in [-0.05, 0) is 62.8 Å². The van der Waals surface area contributed by atoms with E-state index in [1.54, 1.807) is 11.0 Å². The molecule has 0 bridgehead atoms. The lowest BCUT2D eigenvalue weighted by molar-refractivity contribution is -0.141. The predicted molar refractivity (Wildman–Crippen MR) is 151 cm³/mol. The van der Waals surface area contributed by atoms with Crippen LogP contribution < -0.4 is 9.62 Å². The van der Waals surface area contributed by atoms with Crippen LogP contribution in [0.5, 0.6) is 0 Å². The highest BCUT2D eigenvalue weighted by Crippen LogP contribution is 2.25. The van der Waals surface area contributed by atoms with Crippen molar-refractivity contribution in [2.75, 3.05) is 23.7 Å². The zero-order valence-electron chi connectivity index (χ0n) is 23.2.